The molecule has 0 unspecified atom stereocenters. The molecule has 26 heavy (non-hydrogen) atoms. The summed E-state index contributed by atoms with van der Waals surface area (Å²) in [5.74, 6) is 0.488. The lowest BCUT2D eigenvalue weighted by Crippen LogP contribution is -2.49. The molecule has 4 nitrogen and oxygen atoms in total. The van der Waals surface area contributed by atoms with Gasteiger partial charge in [0, 0.05) is 13.1 Å². The van der Waals surface area contributed by atoms with Crippen molar-refractivity contribution in [3.8, 4) is 0 Å². The lowest BCUT2D eigenvalue weighted by atomic mass is 9.72. The second-order valence-electron chi connectivity index (χ2n) is 7.21. The van der Waals surface area contributed by atoms with Crippen molar-refractivity contribution in [2.45, 2.75) is 37.0 Å². The molecule has 2 aliphatic rings. The van der Waals surface area contributed by atoms with Crippen molar-refractivity contribution in [3.05, 3.63) is 57.8 Å². The molecule has 0 spiro atoms. The van der Waals surface area contributed by atoms with Gasteiger partial charge >= 0.3 is 5.97 Å². The molecule has 1 saturated heterocycles. The zero-order chi connectivity index (χ0) is 18.1. The molecule has 5 heteroatoms. The van der Waals surface area contributed by atoms with Crippen LogP contribution < -0.4 is 0 Å². The van der Waals surface area contributed by atoms with Gasteiger partial charge in [-0.1, -0.05) is 30.3 Å². The lowest BCUT2D eigenvalue weighted by molar-refractivity contribution is -0.149. The third kappa shape index (κ3) is 2.94. The number of amides is 1. The number of carbonyl (C=O) groups excluding carboxylic acids is 2. The molecule has 2 fully saturated rings. The van der Waals surface area contributed by atoms with Crippen LogP contribution in [-0.2, 0) is 14.9 Å². The van der Waals surface area contributed by atoms with Gasteiger partial charge in [0.25, 0.3) is 5.91 Å². The summed E-state index contributed by atoms with van der Waals surface area (Å²) in [5, 5.41) is 2.02. The first-order valence-electron chi connectivity index (χ1n) is 9.16. The van der Waals surface area contributed by atoms with Crippen LogP contribution in [0.3, 0.4) is 0 Å². The average Bonchev–Trinajstić information content (AvgIpc) is 3.44. The van der Waals surface area contributed by atoms with Crippen LogP contribution in [0.1, 0.15) is 52.4 Å². The van der Waals surface area contributed by atoms with E-state index in [0.717, 1.165) is 10.4 Å². The summed E-state index contributed by atoms with van der Waals surface area (Å²) < 4.78 is 5.13. The number of likely N-dealkylation sites (tertiary alicyclic amines) is 1. The van der Waals surface area contributed by atoms with Gasteiger partial charge in [0.1, 0.15) is 0 Å². The molecular weight excluding hydrogens is 346 g/mol. The van der Waals surface area contributed by atoms with Crippen molar-refractivity contribution in [1.82, 2.24) is 4.90 Å². The molecule has 2 heterocycles. The number of piperidine rings is 1. The van der Waals surface area contributed by atoms with Crippen molar-refractivity contribution in [1.29, 1.82) is 0 Å². The molecule has 1 aromatic heterocycles. The molecule has 0 N–H and O–H groups in total. The van der Waals surface area contributed by atoms with Gasteiger partial charge in [-0.15, -0.1) is 11.3 Å². The predicted molar refractivity (Wildman–Crippen MR) is 102 cm³/mol. The third-order valence-electron chi connectivity index (χ3n) is 5.71. The highest BCUT2D eigenvalue weighted by molar-refractivity contribution is 7.12. The Kier molecular flexibility index (Phi) is 4.57. The fourth-order valence-electron chi connectivity index (χ4n) is 4.01. The van der Waals surface area contributed by atoms with E-state index < -0.39 is 5.41 Å². The van der Waals surface area contributed by atoms with Gasteiger partial charge in [-0.3, -0.25) is 9.59 Å². The Morgan fingerprint density at radius 1 is 1.12 bits per heavy atom. The largest absolute Gasteiger partial charge is 0.468 e. The van der Waals surface area contributed by atoms with Crippen molar-refractivity contribution >= 4 is 23.2 Å². The molecular formula is C21H23NO3S. The van der Waals surface area contributed by atoms with E-state index in [9.17, 15) is 9.59 Å². The predicted octanol–water partition coefficient (Wildman–Crippen LogP) is 3.97. The standard InChI is InChI=1S/C21H23NO3S/c1-25-20(24)21(16-5-3-2-4-6-16)10-12-22(13-11-21)19(23)18-17(9-14-26-18)15-7-8-15/h2-6,9,14-15H,7-8,10-13H2,1H3. The maximum atomic E-state index is 13.0. The maximum Gasteiger partial charge on any atom is 0.316 e. The van der Waals surface area contributed by atoms with E-state index in [0.29, 0.717) is 31.8 Å². The molecule has 1 aliphatic carbocycles. The van der Waals surface area contributed by atoms with Gasteiger partial charge in [0.15, 0.2) is 0 Å². The van der Waals surface area contributed by atoms with Crippen LogP contribution in [0.4, 0.5) is 0 Å². The van der Waals surface area contributed by atoms with Crippen LogP contribution in [0, 0.1) is 0 Å². The first kappa shape index (κ1) is 17.3. The number of thiophene rings is 1. The average molecular weight is 369 g/mol. The highest BCUT2D eigenvalue weighted by atomic mass is 32.1. The summed E-state index contributed by atoms with van der Waals surface area (Å²) in [6, 6.07) is 11.9. The van der Waals surface area contributed by atoms with Gasteiger partial charge in [0.2, 0.25) is 0 Å². The smallest absolute Gasteiger partial charge is 0.316 e. The summed E-state index contributed by atoms with van der Waals surface area (Å²) in [6.45, 7) is 1.15. The molecule has 1 amide bonds. The number of hydrogen-bond acceptors (Lipinski definition) is 4. The van der Waals surface area contributed by atoms with Crippen LogP contribution >= 0.6 is 11.3 Å². The Labute approximate surface area is 157 Å². The summed E-state index contributed by atoms with van der Waals surface area (Å²) in [4.78, 5) is 28.4. The molecule has 4 rings (SSSR count). The first-order valence-corrected chi connectivity index (χ1v) is 10.0. The second-order valence-corrected chi connectivity index (χ2v) is 8.13. The number of esters is 1. The van der Waals surface area contributed by atoms with Gasteiger partial charge in [-0.2, -0.15) is 0 Å². The Morgan fingerprint density at radius 2 is 1.81 bits per heavy atom. The van der Waals surface area contributed by atoms with E-state index >= 15 is 0 Å². The van der Waals surface area contributed by atoms with Crippen LogP contribution in [0.5, 0.6) is 0 Å². The molecule has 0 bridgehead atoms. The minimum atomic E-state index is -0.651. The van der Waals surface area contributed by atoms with Gasteiger partial charge < -0.3 is 9.64 Å². The monoisotopic (exact) mass is 369 g/mol. The van der Waals surface area contributed by atoms with E-state index in [-0.39, 0.29) is 11.9 Å². The summed E-state index contributed by atoms with van der Waals surface area (Å²) in [5.41, 5.74) is 1.54. The highest BCUT2D eigenvalue weighted by Crippen LogP contribution is 2.44. The van der Waals surface area contributed by atoms with Crippen molar-refractivity contribution < 1.29 is 14.3 Å². The Bertz CT molecular complexity index is 802. The van der Waals surface area contributed by atoms with Gasteiger partial charge in [0.05, 0.1) is 17.4 Å². The molecule has 0 radical (unpaired) electrons. The second kappa shape index (κ2) is 6.88. The van der Waals surface area contributed by atoms with Crippen molar-refractivity contribution in [2.24, 2.45) is 0 Å². The Balaban J connectivity index is 1.54. The third-order valence-corrected chi connectivity index (χ3v) is 6.63. The van der Waals surface area contributed by atoms with E-state index in [1.165, 1.54) is 25.5 Å². The normalized spacial score (nSPS) is 19.2. The number of benzene rings is 1. The van der Waals surface area contributed by atoms with Crippen LogP contribution in [0.25, 0.3) is 0 Å². The van der Waals surface area contributed by atoms with Crippen LogP contribution in [0.2, 0.25) is 0 Å². The Hall–Kier alpha value is -2.14. The van der Waals surface area contributed by atoms with Crippen LogP contribution in [-0.4, -0.2) is 37.0 Å². The maximum absolute atomic E-state index is 13.0. The lowest BCUT2D eigenvalue weighted by Gasteiger charge is -2.40. The number of nitrogens with zero attached hydrogens (tertiary/aromatic N) is 1. The summed E-state index contributed by atoms with van der Waals surface area (Å²) >= 11 is 1.54. The topological polar surface area (TPSA) is 46.6 Å². The van der Waals surface area contributed by atoms with E-state index in [1.807, 2.05) is 40.6 Å². The first-order chi connectivity index (χ1) is 12.7. The zero-order valence-electron chi connectivity index (χ0n) is 14.9. The number of hydrogen-bond donors (Lipinski definition) is 0. The number of carbonyl (C=O) groups is 2. The molecule has 1 saturated carbocycles. The minimum Gasteiger partial charge on any atom is -0.468 e. The molecule has 1 aromatic carbocycles. The molecule has 1 aliphatic heterocycles. The SMILES string of the molecule is COC(=O)C1(c2ccccc2)CCN(C(=O)c2sccc2C2CC2)CC1. The molecule has 136 valence electrons. The van der Waals surface area contributed by atoms with E-state index in [4.69, 9.17) is 4.74 Å². The summed E-state index contributed by atoms with van der Waals surface area (Å²) in [6.07, 6.45) is 3.58. The quantitative estimate of drug-likeness (QED) is 0.766. The Morgan fingerprint density at radius 3 is 2.42 bits per heavy atom. The zero-order valence-corrected chi connectivity index (χ0v) is 15.8. The van der Waals surface area contributed by atoms with Crippen LogP contribution in [0.15, 0.2) is 41.8 Å². The van der Waals surface area contributed by atoms with Crippen molar-refractivity contribution in [3.63, 3.8) is 0 Å². The number of rotatable bonds is 4. The molecule has 2 aromatic rings. The fourth-order valence-corrected chi connectivity index (χ4v) is 4.96. The summed E-state index contributed by atoms with van der Waals surface area (Å²) in [7, 11) is 1.44. The van der Waals surface area contributed by atoms with Gasteiger partial charge in [-0.25, -0.2) is 0 Å². The number of methoxy groups -OCH3 is 1. The van der Waals surface area contributed by atoms with Gasteiger partial charge in [-0.05, 0) is 54.2 Å². The molecule has 0 atom stereocenters. The fraction of sp³-hybridized carbons (Fsp3) is 0.429. The van der Waals surface area contributed by atoms with Crippen molar-refractivity contribution in [2.75, 3.05) is 20.2 Å². The van der Waals surface area contributed by atoms with E-state index in [2.05, 4.69) is 6.07 Å². The number of ether oxygens (including phenoxy) is 1. The van der Waals surface area contributed by atoms with E-state index in [1.54, 1.807) is 11.3 Å². The minimum absolute atomic E-state index is 0.119. The highest BCUT2D eigenvalue weighted by Gasteiger charge is 2.45.